The van der Waals surface area contributed by atoms with Crippen molar-refractivity contribution in [2.45, 2.75) is 116 Å². The number of nitrogens with two attached hydrogens (primary N) is 1. The third kappa shape index (κ3) is 13.6. The molecule has 300 valence electrons. The first kappa shape index (κ1) is 45.3. The Kier molecular flexibility index (Phi) is 16.2. The average Bonchev–Trinajstić information content (AvgIpc) is 3.81. The highest BCUT2D eigenvalue weighted by atomic mass is 32.1. The summed E-state index contributed by atoms with van der Waals surface area (Å²) >= 11 is 2.28. The van der Waals surface area contributed by atoms with Crippen LogP contribution in [0.2, 0.25) is 18.1 Å². The number of aromatic nitrogens is 2. The number of carbonyl (C=O) groups excluding carboxylic acids is 4. The van der Waals surface area contributed by atoms with Crippen molar-refractivity contribution in [1.82, 2.24) is 20.6 Å². The Morgan fingerprint density at radius 2 is 1.64 bits per heavy atom. The van der Waals surface area contributed by atoms with Gasteiger partial charge in [0.15, 0.2) is 14.0 Å². The van der Waals surface area contributed by atoms with E-state index >= 15 is 0 Å². The summed E-state index contributed by atoms with van der Waals surface area (Å²) in [6.45, 7) is 22.9. The van der Waals surface area contributed by atoms with E-state index in [9.17, 15) is 19.2 Å². The highest BCUT2D eigenvalue weighted by Gasteiger charge is 2.42. The lowest BCUT2D eigenvalue weighted by atomic mass is 10.1. The number of allylic oxidation sites excluding steroid dienone is 1. The lowest BCUT2D eigenvalue weighted by Gasteiger charge is -2.39. The first-order valence-corrected chi connectivity index (χ1v) is 22.6. The number of nitrogens with one attached hydrogen (secondary N) is 2. The SMILES string of the molecule is C=CCOC(=O)c1csc([C@H](C[C@H](O[Si](C)(C)C(C)(C)C)C(=O)OCc2ccccc2)NC(=O)c2csc(/C(=C/C)NC(=O)[C@@H](N)[C@@H](C)OC(C)(C)C)n2)n1. The van der Waals surface area contributed by atoms with Crippen molar-refractivity contribution in [3.05, 3.63) is 86.8 Å². The van der Waals surface area contributed by atoms with E-state index in [2.05, 4.69) is 48.0 Å². The van der Waals surface area contributed by atoms with E-state index in [1.165, 1.54) is 11.5 Å². The van der Waals surface area contributed by atoms with Gasteiger partial charge in [0.05, 0.1) is 23.4 Å². The van der Waals surface area contributed by atoms with Gasteiger partial charge >= 0.3 is 11.9 Å². The Labute approximate surface area is 333 Å². The summed E-state index contributed by atoms with van der Waals surface area (Å²) in [5.74, 6) is -2.30. The Bertz CT molecular complexity index is 1810. The van der Waals surface area contributed by atoms with Crippen LogP contribution in [0.4, 0.5) is 0 Å². The van der Waals surface area contributed by atoms with Crippen LogP contribution in [0.25, 0.3) is 5.70 Å². The second-order valence-electron chi connectivity index (χ2n) is 15.4. The van der Waals surface area contributed by atoms with E-state index in [0.29, 0.717) is 15.7 Å². The van der Waals surface area contributed by atoms with Gasteiger partial charge in [0.1, 0.15) is 41.1 Å². The van der Waals surface area contributed by atoms with Gasteiger partial charge in [-0.05, 0) is 58.3 Å². The molecule has 2 heterocycles. The molecule has 0 aliphatic carbocycles. The van der Waals surface area contributed by atoms with Gasteiger partial charge in [-0.15, -0.1) is 22.7 Å². The molecule has 0 aliphatic heterocycles. The van der Waals surface area contributed by atoms with Crippen molar-refractivity contribution in [2.24, 2.45) is 5.73 Å². The summed E-state index contributed by atoms with van der Waals surface area (Å²) in [4.78, 5) is 62.5. The van der Waals surface area contributed by atoms with Crippen LogP contribution >= 0.6 is 22.7 Å². The highest BCUT2D eigenvalue weighted by Crippen LogP contribution is 2.39. The normalized spacial score (nSPS) is 14.6. The Morgan fingerprint density at radius 3 is 2.24 bits per heavy atom. The van der Waals surface area contributed by atoms with Gasteiger partial charge in [0.2, 0.25) is 5.91 Å². The van der Waals surface area contributed by atoms with Crippen LogP contribution in [0.1, 0.15) is 104 Å². The first-order chi connectivity index (χ1) is 25.7. The van der Waals surface area contributed by atoms with Crippen LogP contribution in [-0.2, 0) is 34.8 Å². The number of amides is 2. The van der Waals surface area contributed by atoms with E-state index in [0.717, 1.165) is 28.2 Å². The molecule has 3 aromatic rings. The zero-order valence-corrected chi connectivity index (χ0v) is 36.0. The standard InChI is InChI=1S/C39H55N5O8S2Si/c1-12-19-49-36(47)29-23-54-35(44-29)27(20-30(52-55(10,11)39(7,8)9)37(48)50-21-25-17-15-14-16-18-25)42-32(45)28-22-53-34(43-28)26(13-2)41-33(46)31(40)24(3)51-38(4,5)6/h12-18,22-24,27,30-31H,1,19-21,40H2,2-11H3,(H,41,46)(H,42,45)/b26-13-/t24-,27+,30+,31+/m1/s1. The molecule has 0 saturated heterocycles. The molecule has 4 atom stereocenters. The lowest BCUT2D eigenvalue weighted by molar-refractivity contribution is -0.154. The number of carbonyl (C=O) groups is 4. The number of thiazole rings is 2. The van der Waals surface area contributed by atoms with E-state index in [1.807, 2.05) is 64.2 Å². The van der Waals surface area contributed by atoms with Crippen molar-refractivity contribution in [1.29, 1.82) is 0 Å². The van der Waals surface area contributed by atoms with Crippen molar-refractivity contribution in [3.8, 4) is 0 Å². The van der Waals surface area contributed by atoms with Gasteiger partial charge < -0.3 is 35.0 Å². The predicted octanol–water partition coefficient (Wildman–Crippen LogP) is 6.95. The van der Waals surface area contributed by atoms with Crippen molar-refractivity contribution in [3.63, 3.8) is 0 Å². The van der Waals surface area contributed by atoms with Gasteiger partial charge in [-0.3, -0.25) is 9.59 Å². The topological polar surface area (TPSA) is 181 Å². The summed E-state index contributed by atoms with van der Waals surface area (Å²) in [7, 11) is -2.58. The largest absolute Gasteiger partial charge is 0.459 e. The van der Waals surface area contributed by atoms with Gasteiger partial charge in [-0.25, -0.2) is 19.6 Å². The van der Waals surface area contributed by atoms with Gasteiger partial charge in [0, 0.05) is 17.2 Å². The Hall–Kier alpha value is -4.06. The van der Waals surface area contributed by atoms with Gasteiger partial charge in [-0.2, -0.15) is 0 Å². The fourth-order valence-corrected chi connectivity index (χ4v) is 7.71. The number of hydrogen-bond acceptors (Lipinski definition) is 13. The summed E-state index contributed by atoms with van der Waals surface area (Å²) in [5.41, 5.74) is 6.98. The highest BCUT2D eigenvalue weighted by molar-refractivity contribution is 7.11. The van der Waals surface area contributed by atoms with E-state index < -0.39 is 62.0 Å². The molecule has 55 heavy (non-hydrogen) atoms. The molecule has 0 radical (unpaired) electrons. The summed E-state index contributed by atoms with van der Waals surface area (Å²) < 4.78 is 23.5. The number of esters is 2. The second kappa shape index (κ2) is 19.7. The maximum Gasteiger partial charge on any atom is 0.358 e. The molecule has 0 saturated carbocycles. The maximum absolute atomic E-state index is 13.9. The molecule has 0 aliphatic rings. The summed E-state index contributed by atoms with van der Waals surface area (Å²) in [5, 5.41) is 9.31. The maximum atomic E-state index is 13.9. The van der Waals surface area contributed by atoms with Crippen LogP contribution in [0.5, 0.6) is 0 Å². The molecule has 0 spiro atoms. The zero-order chi connectivity index (χ0) is 41.1. The molecule has 3 rings (SSSR count). The molecule has 2 amide bonds. The molecular weight excluding hydrogens is 759 g/mol. The third-order valence-electron chi connectivity index (χ3n) is 8.71. The Morgan fingerprint density at radius 1 is 0.982 bits per heavy atom. The fraction of sp³-hybridized carbons (Fsp3) is 0.487. The molecule has 13 nitrogen and oxygen atoms in total. The van der Waals surface area contributed by atoms with Crippen LogP contribution in [0.15, 0.2) is 59.8 Å². The minimum atomic E-state index is -2.58. The molecule has 1 aromatic carbocycles. The number of nitrogens with zero attached hydrogens (tertiary/aromatic N) is 2. The number of benzene rings is 1. The van der Waals surface area contributed by atoms with Crippen LogP contribution in [0, 0.1) is 0 Å². The van der Waals surface area contributed by atoms with E-state index in [-0.39, 0.29) is 36.1 Å². The quantitative estimate of drug-likeness (QED) is 0.0687. The van der Waals surface area contributed by atoms with Crippen LogP contribution in [-0.4, -0.2) is 72.5 Å². The number of rotatable bonds is 18. The molecule has 0 unspecified atom stereocenters. The van der Waals surface area contributed by atoms with E-state index in [1.54, 1.807) is 25.3 Å². The Balaban J connectivity index is 1.93. The minimum Gasteiger partial charge on any atom is -0.459 e. The summed E-state index contributed by atoms with van der Waals surface area (Å²) in [6.07, 6.45) is 1.39. The lowest BCUT2D eigenvalue weighted by Crippen LogP contribution is -2.49. The molecule has 0 fully saturated rings. The van der Waals surface area contributed by atoms with Crippen LogP contribution in [0.3, 0.4) is 0 Å². The second-order valence-corrected chi connectivity index (χ2v) is 21.9. The average molecular weight is 814 g/mol. The predicted molar refractivity (Wildman–Crippen MR) is 218 cm³/mol. The third-order valence-corrected chi connectivity index (χ3v) is 15.0. The number of ether oxygens (including phenoxy) is 3. The molecular formula is C39H55N5O8S2Si. The smallest absolute Gasteiger partial charge is 0.358 e. The molecule has 4 N–H and O–H groups in total. The first-order valence-electron chi connectivity index (χ1n) is 17.9. The summed E-state index contributed by atoms with van der Waals surface area (Å²) in [6, 6.07) is 7.42. The van der Waals surface area contributed by atoms with Crippen molar-refractivity contribution >= 4 is 60.4 Å². The zero-order valence-electron chi connectivity index (χ0n) is 33.4. The van der Waals surface area contributed by atoms with Crippen molar-refractivity contribution in [2.75, 3.05) is 6.61 Å². The van der Waals surface area contributed by atoms with Gasteiger partial charge in [0.25, 0.3) is 5.91 Å². The monoisotopic (exact) mass is 813 g/mol. The molecule has 16 heteroatoms. The number of hydrogen-bond donors (Lipinski definition) is 3. The van der Waals surface area contributed by atoms with E-state index in [4.69, 9.17) is 24.4 Å². The molecule has 2 aromatic heterocycles. The van der Waals surface area contributed by atoms with Gasteiger partial charge in [-0.1, -0.05) is 69.8 Å². The minimum absolute atomic E-state index is 0.00198. The van der Waals surface area contributed by atoms with Crippen molar-refractivity contribution < 1.29 is 37.8 Å². The fourth-order valence-electron chi connectivity index (χ4n) is 4.78. The molecule has 0 bridgehead atoms. The van der Waals surface area contributed by atoms with Crippen LogP contribution < -0.4 is 16.4 Å².